The van der Waals surface area contributed by atoms with E-state index in [-0.39, 0.29) is 11.6 Å². The van der Waals surface area contributed by atoms with Gasteiger partial charge in [0.05, 0.1) is 22.9 Å². The normalized spacial score (nSPS) is 10.9. The van der Waals surface area contributed by atoms with Crippen LogP contribution in [-0.2, 0) is 6.42 Å². The lowest BCUT2D eigenvalue weighted by Gasteiger charge is -2.01. The van der Waals surface area contributed by atoms with Gasteiger partial charge in [0, 0.05) is 13.0 Å². The number of aromatic amines is 1. The van der Waals surface area contributed by atoms with Gasteiger partial charge in [-0.15, -0.1) is 5.10 Å². The van der Waals surface area contributed by atoms with Gasteiger partial charge in [-0.1, -0.05) is 30.3 Å². The Bertz CT molecular complexity index is 972. The highest BCUT2D eigenvalue weighted by molar-refractivity contribution is 5.91. The van der Waals surface area contributed by atoms with Crippen molar-refractivity contribution in [2.75, 3.05) is 6.54 Å². The maximum absolute atomic E-state index is 12.2. The molecule has 2 aromatic carbocycles. The third-order valence-electron chi connectivity index (χ3n) is 3.80. The van der Waals surface area contributed by atoms with E-state index in [4.69, 9.17) is 0 Å². The molecule has 2 N–H and O–H groups in total. The van der Waals surface area contributed by atoms with Gasteiger partial charge in [-0.3, -0.25) is 4.79 Å². The molecule has 0 saturated carbocycles. The molecule has 2 heterocycles. The van der Waals surface area contributed by atoms with Crippen molar-refractivity contribution >= 4 is 16.9 Å². The van der Waals surface area contributed by atoms with Crippen LogP contribution in [0.5, 0.6) is 0 Å². The molecule has 0 aliphatic heterocycles. The molecule has 4 rings (SSSR count). The summed E-state index contributed by atoms with van der Waals surface area (Å²) in [5, 5.41) is 11.2. The number of nitrogens with zero attached hydrogens (tertiary/aromatic N) is 4. The Morgan fingerprint density at radius 1 is 1.08 bits per heavy atom. The average molecular weight is 332 g/mol. The summed E-state index contributed by atoms with van der Waals surface area (Å²) in [5.74, 6) is 0.590. The zero-order valence-electron chi connectivity index (χ0n) is 13.4. The van der Waals surface area contributed by atoms with Crippen molar-refractivity contribution in [2.24, 2.45) is 0 Å². The van der Waals surface area contributed by atoms with Gasteiger partial charge >= 0.3 is 0 Å². The monoisotopic (exact) mass is 332 g/mol. The highest BCUT2D eigenvalue weighted by atomic mass is 16.2. The van der Waals surface area contributed by atoms with Crippen molar-refractivity contribution in [1.29, 1.82) is 0 Å². The number of fused-ring (bicyclic) bond motifs is 1. The predicted molar refractivity (Wildman–Crippen MR) is 93.5 cm³/mol. The smallest absolute Gasteiger partial charge is 0.273 e. The molecule has 0 atom stereocenters. The van der Waals surface area contributed by atoms with Gasteiger partial charge in [0.15, 0.2) is 5.69 Å². The number of imidazole rings is 1. The lowest BCUT2D eigenvalue weighted by atomic mass is 10.3. The molecule has 0 fully saturated rings. The number of hydrogen-bond donors (Lipinski definition) is 2. The Kier molecular flexibility index (Phi) is 3.96. The maximum atomic E-state index is 12.2. The molecule has 0 aliphatic rings. The van der Waals surface area contributed by atoms with Crippen LogP contribution in [0.25, 0.3) is 16.7 Å². The number of benzene rings is 2. The molecule has 7 heteroatoms. The molecule has 4 aromatic rings. The maximum Gasteiger partial charge on any atom is 0.273 e. The molecule has 1 amide bonds. The molecular formula is C18H16N6O. The second-order valence-electron chi connectivity index (χ2n) is 5.56. The first kappa shape index (κ1) is 15.1. The Labute approximate surface area is 143 Å². The van der Waals surface area contributed by atoms with E-state index in [1.54, 1.807) is 0 Å². The fourth-order valence-electron chi connectivity index (χ4n) is 2.56. The minimum atomic E-state index is -0.252. The second-order valence-corrected chi connectivity index (χ2v) is 5.56. The summed E-state index contributed by atoms with van der Waals surface area (Å²) in [4.78, 5) is 21.4. The summed E-state index contributed by atoms with van der Waals surface area (Å²) in [6.07, 6.45) is 2.08. The van der Waals surface area contributed by atoms with Gasteiger partial charge in [0.1, 0.15) is 5.82 Å². The zero-order chi connectivity index (χ0) is 17.1. The van der Waals surface area contributed by atoms with Gasteiger partial charge in [-0.05, 0) is 24.3 Å². The Hall–Kier alpha value is -3.48. The molecule has 0 bridgehead atoms. The van der Waals surface area contributed by atoms with Gasteiger partial charge in [-0.2, -0.15) is 9.90 Å². The number of carbonyl (C=O) groups is 1. The fraction of sp³-hybridized carbons (Fsp3) is 0.111. The van der Waals surface area contributed by atoms with E-state index in [1.807, 2.05) is 54.6 Å². The summed E-state index contributed by atoms with van der Waals surface area (Å²) in [6, 6.07) is 17.3. The zero-order valence-corrected chi connectivity index (χ0v) is 13.4. The first-order valence-electron chi connectivity index (χ1n) is 7.99. The van der Waals surface area contributed by atoms with Crippen LogP contribution in [0.3, 0.4) is 0 Å². The van der Waals surface area contributed by atoms with E-state index in [0.717, 1.165) is 22.5 Å². The highest BCUT2D eigenvalue weighted by Gasteiger charge is 2.11. The van der Waals surface area contributed by atoms with Crippen LogP contribution in [0.4, 0.5) is 0 Å². The van der Waals surface area contributed by atoms with Gasteiger partial charge < -0.3 is 10.3 Å². The largest absolute Gasteiger partial charge is 0.350 e. The first-order chi connectivity index (χ1) is 12.3. The molecule has 0 spiro atoms. The van der Waals surface area contributed by atoms with Crippen molar-refractivity contribution in [3.63, 3.8) is 0 Å². The van der Waals surface area contributed by atoms with E-state index in [9.17, 15) is 4.79 Å². The molecule has 0 saturated heterocycles. The topological polar surface area (TPSA) is 88.5 Å². The molecule has 0 radical (unpaired) electrons. The molecule has 7 nitrogen and oxygen atoms in total. The van der Waals surface area contributed by atoms with Crippen molar-refractivity contribution < 1.29 is 4.79 Å². The predicted octanol–water partition coefficient (Wildman–Crippen LogP) is 2.12. The van der Waals surface area contributed by atoms with Crippen LogP contribution < -0.4 is 5.32 Å². The molecule has 124 valence electrons. The van der Waals surface area contributed by atoms with Gasteiger partial charge in [0.2, 0.25) is 0 Å². The van der Waals surface area contributed by atoms with E-state index in [0.29, 0.717) is 13.0 Å². The fourth-order valence-corrected chi connectivity index (χ4v) is 2.56. The van der Waals surface area contributed by atoms with E-state index in [2.05, 4.69) is 25.5 Å². The molecule has 0 aliphatic carbocycles. The van der Waals surface area contributed by atoms with Crippen molar-refractivity contribution in [1.82, 2.24) is 30.3 Å². The SMILES string of the molecule is O=C(NCCc1nc2ccccc2[nH]1)c1cnn(-c2ccccc2)n1. The second kappa shape index (κ2) is 6.56. The number of hydrogen-bond acceptors (Lipinski definition) is 4. The summed E-state index contributed by atoms with van der Waals surface area (Å²) in [6.45, 7) is 0.469. The molecule has 2 aromatic heterocycles. The highest BCUT2D eigenvalue weighted by Crippen LogP contribution is 2.10. The number of para-hydroxylation sites is 3. The average Bonchev–Trinajstić information content (AvgIpc) is 3.29. The van der Waals surface area contributed by atoms with E-state index < -0.39 is 0 Å². The van der Waals surface area contributed by atoms with Crippen LogP contribution in [0.1, 0.15) is 16.3 Å². The number of nitrogens with one attached hydrogen (secondary N) is 2. The first-order valence-corrected chi connectivity index (χ1v) is 7.99. The number of rotatable bonds is 5. The minimum Gasteiger partial charge on any atom is -0.350 e. The minimum absolute atomic E-state index is 0.252. The third-order valence-corrected chi connectivity index (χ3v) is 3.80. The van der Waals surface area contributed by atoms with Crippen LogP contribution in [0.15, 0.2) is 60.8 Å². The van der Waals surface area contributed by atoms with Crippen molar-refractivity contribution in [2.45, 2.75) is 6.42 Å². The number of carbonyl (C=O) groups excluding carboxylic acids is 1. The standard InChI is InChI=1S/C18H16N6O/c25-18(16-12-20-24(23-16)13-6-2-1-3-7-13)19-11-10-17-21-14-8-4-5-9-15(14)22-17/h1-9,12H,10-11H2,(H,19,25)(H,21,22). The van der Waals surface area contributed by atoms with Crippen LogP contribution in [0, 0.1) is 0 Å². The number of amides is 1. The summed E-state index contributed by atoms with van der Waals surface area (Å²) >= 11 is 0. The van der Waals surface area contributed by atoms with Gasteiger partial charge in [0.25, 0.3) is 5.91 Å². The number of aromatic nitrogens is 5. The van der Waals surface area contributed by atoms with E-state index in [1.165, 1.54) is 11.0 Å². The number of H-pyrrole nitrogens is 1. The lowest BCUT2D eigenvalue weighted by Crippen LogP contribution is -2.26. The Morgan fingerprint density at radius 3 is 2.72 bits per heavy atom. The molecule has 25 heavy (non-hydrogen) atoms. The Morgan fingerprint density at radius 2 is 1.88 bits per heavy atom. The summed E-state index contributed by atoms with van der Waals surface area (Å²) in [5.41, 5.74) is 3.02. The van der Waals surface area contributed by atoms with Gasteiger partial charge in [-0.25, -0.2) is 4.98 Å². The van der Waals surface area contributed by atoms with E-state index >= 15 is 0 Å². The van der Waals surface area contributed by atoms with Crippen LogP contribution >= 0.6 is 0 Å². The Balaban J connectivity index is 1.37. The van der Waals surface area contributed by atoms with Crippen LogP contribution in [0.2, 0.25) is 0 Å². The van der Waals surface area contributed by atoms with Crippen LogP contribution in [-0.4, -0.2) is 37.4 Å². The lowest BCUT2D eigenvalue weighted by molar-refractivity contribution is 0.0948. The molecule has 0 unspecified atom stereocenters. The summed E-state index contributed by atoms with van der Waals surface area (Å²) < 4.78 is 0. The van der Waals surface area contributed by atoms with Crippen molar-refractivity contribution in [3.8, 4) is 5.69 Å². The molecular weight excluding hydrogens is 316 g/mol. The third kappa shape index (κ3) is 3.25. The van der Waals surface area contributed by atoms with Crippen molar-refractivity contribution in [3.05, 3.63) is 72.3 Å². The summed E-state index contributed by atoms with van der Waals surface area (Å²) in [7, 11) is 0. The quantitative estimate of drug-likeness (QED) is 0.586.